The van der Waals surface area contributed by atoms with Gasteiger partial charge in [0, 0.05) is 24.5 Å². The van der Waals surface area contributed by atoms with Crippen molar-refractivity contribution in [2.45, 2.75) is 18.9 Å². The topological polar surface area (TPSA) is 103 Å². The predicted molar refractivity (Wildman–Crippen MR) is 95.3 cm³/mol. The van der Waals surface area contributed by atoms with Gasteiger partial charge in [-0.05, 0) is 18.9 Å². The molecule has 0 bridgehead atoms. The van der Waals surface area contributed by atoms with Crippen LogP contribution < -0.4 is 20.1 Å². The van der Waals surface area contributed by atoms with Crippen LogP contribution in [0.3, 0.4) is 0 Å². The maximum atomic E-state index is 8.92. The smallest absolute Gasteiger partial charge is 0.227 e. The normalized spacial score (nSPS) is 17.7. The lowest BCUT2D eigenvalue weighted by Crippen LogP contribution is -2.41. The van der Waals surface area contributed by atoms with Crippen molar-refractivity contribution < 1.29 is 19.3 Å². The molecule has 0 radical (unpaired) electrons. The minimum absolute atomic E-state index is 0.0253. The number of aliphatic hydroxyl groups excluding tert-OH is 1. The fourth-order valence-corrected chi connectivity index (χ4v) is 3.08. The Balaban J connectivity index is 1.91. The van der Waals surface area contributed by atoms with Gasteiger partial charge in [-0.15, -0.1) is 0 Å². The molecule has 3 N–H and O–H groups in total. The van der Waals surface area contributed by atoms with E-state index < -0.39 is 0 Å². The van der Waals surface area contributed by atoms with Gasteiger partial charge < -0.3 is 30.0 Å². The van der Waals surface area contributed by atoms with Crippen molar-refractivity contribution in [3.63, 3.8) is 0 Å². The maximum absolute atomic E-state index is 8.92. The summed E-state index contributed by atoms with van der Waals surface area (Å²) < 4.78 is 16.3. The number of benzene rings is 1. The molecule has 25 heavy (non-hydrogen) atoms. The van der Waals surface area contributed by atoms with Crippen LogP contribution >= 0.6 is 0 Å². The summed E-state index contributed by atoms with van der Waals surface area (Å²) in [5.74, 6) is 2.17. The number of aliphatic hydroxyl groups is 1. The molecule has 1 atom stereocenters. The Kier molecular flexibility index (Phi) is 5.40. The van der Waals surface area contributed by atoms with Crippen LogP contribution in [-0.4, -0.2) is 61.7 Å². The van der Waals surface area contributed by atoms with Crippen molar-refractivity contribution in [3.05, 3.63) is 12.1 Å². The van der Waals surface area contributed by atoms with Gasteiger partial charge in [0.2, 0.25) is 5.95 Å². The van der Waals surface area contributed by atoms with Crippen molar-refractivity contribution >= 4 is 22.7 Å². The van der Waals surface area contributed by atoms with Gasteiger partial charge in [-0.2, -0.15) is 4.98 Å². The number of hydrogen-bond acceptors (Lipinski definition) is 8. The number of hydrogen-bond donors (Lipinski definition) is 2. The SMILES string of the molecule is COc1cc2nc(N3CCC[C@@H](OCCO)C3)nc(N)c2cc1OC. The number of ether oxygens (including phenoxy) is 3. The summed E-state index contributed by atoms with van der Waals surface area (Å²) in [4.78, 5) is 11.2. The number of nitrogens with zero attached hydrogens (tertiary/aromatic N) is 3. The average Bonchev–Trinajstić information content (AvgIpc) is 2.65. The summed E-state index contributed by atoms with van der Waals surface area (Å²) in [5.41, 5.74) is 6.86. The van der Waals surface area contributed by atoms with E-state index in [1.165, 1.54) is 0 Å². The number of anilines is 2. The first-order valence-corrected chi connectivity index (χ1v) is 8.33. The van der Waals surface area contributed by atoms with Crippen LogP contribution in [0.15, 0.2) is 12.1 Å². The molecule has 1 aliphatic heterocycles. The standard InChI is InChI=1S/C17H24N4O4/c1-23-14-8-12-13(9-15(14)24-2)19-17(20-16(12)18)21-5-3-4-11(10-21)25-7-6-22/h8-9,11,22H,3-7,10H2,1-2H3,(H2,18,19,20)/t11-/m1/s1. The van der Waals surface area contributed by atoms with Gasteiger partial charge in [-0.25, -0.2) is 4.98 Å². The Morgan fingerprint density at radius 1 is 1.24 bits per heavy atom. The molecule has 136 valence electrons. The highest BCUT2D eigenvalue weighted by Gasteiger charge is 2.23. The molecule has 0 saturated carbocycles. The highest BCUT2D eigenvalue weighted by Crippen LogP contribution is 2.34. The second-order valence-corrected chi connectivity index (χ2v) is 5.94. The second-order valence-electron chi connectivity index (χ2n) is 5.94. The number of aromatic nitrogens is 2. The van der Waals surface area contributed by atoms with Crippen molar-refractivity contribution in [1.82, 2.24) is 9.97 Å². The van der Waals surface area contributed by atoms with Gasteiger partial charge in [0.15, 0.2) is 11.5 Å². The minimum Gasteiger partial charge on any atom is -0.493 e. The van der Waals surface area contributed by atoms with E-state index in [1.54, 1.807) is 26.4 Å². The Bertz CT molecular complexity index is 740. The van der Waals surface area contributed by atoms with E-state index in [4.69, 9.17) is 25.1 Å². The Labute approximate surface area is 146 Å². The highest BCUT2D eigenvalue weighted by molar-refractivity contribution is 5.91. The lowest BCUT2D eigenvalue weighted by atomic mass is 10.1. The third-order valence-electron chi connectivity index (χ3n) is 4.32. The van der Waals surface area contributed by atoms with E-state index in [1.807, 2.05) is 0 Å². The molecule has 8 heteroatoms. The number of rotatable bonds is 6. The molecular weight excluding hydrogens is 324 g/mol. The Hall–Kier alpha value is -2.32. The van der Waals surface area contributed by atoms with Crippen molar-refractivity contribution in [2.75, 3.05) is 51.2 Å². The van der Waals surface area contributed by atoms with Gasteiger partial charge in [0.05, 0.1) is 39.1 Å². The predicted octanol–water partition coefficient (Wildman–Crippen LogP) is 1.21. The molecule has 1 fully saturated rings. The number of nitrogen functional groups attached to an aromatic ring is 1. The fraction of sp³-hybridized carbons (Fsp3) is 0.529. The molecule has 2 aromatic rings. The molecule has 1 aliphatic rings. The fourth-order valence-electron chi connectivity index (χ4n) is 3.08. The summed E-state index contributed by atoms with van der Waals surface area (Å²) >= 11 is 0. The summed E-state index contributed by atoms with van der Waals surface area (Å²) in [7, 11) is 3.16. The van der Waals surface area contributed by atoms with Gasteiger partial charge in [-0.1, -0.05) is 0 Å². The zero-order valence-corrected chi connectivity index (χ0v) is 14.6. The van der Waals surface area contributed by atoms with E-state index in [0.717, 1.165) is 24.8 Å². The number of nitrogens with two attached hydrogens (primary N) is 1. The van der Waals surface area contributed by atoms with E-state index in [-0.39, 0.29) is 12.7 Å². The molecule has 1 aromatic heterocycles. The zero-order chi connectivity index (χ0) is 17.8. The monoisotopic (exact) mass is 348 g/mol. The lowest BCUT2D eigenvalue weighted by Gasteiger charge is -2.32. The molecule has 2 heterocycles. The van der Waals surface area contributed by atoms with Crippen LogP contribution in [0.5, 0.6) is 11.5 Å². The van der Waals surface area contributed by atoms with Crippen LogP contribution in [0.1, 0.15) is 12.8 Å². The molecule has 3 rings (SSSR count). The van der Waals surface area contributed by atoms with Crippen molar-refractivity contribution in [1.29, 1.82) is 0 Å². The molecule has 1 saturated heterocycles. The van der Waals surface area contributed by atoms with Crippen LogP contribution in [0.2, 0.25) is 0 Å². The average molecular weight is 348 g/mol. The molecular formula is C17H24N4O4. The van der Waals surface area contributed by atoms with E-state index in [2.05, 4.69) is 14.9 Å². The summed E-state index contributed by atoms with van der Waals surface area (Å²) in [5, 5.41) is 9.65. The first-order valence-electron chi connectivity index (χ1n) is 8.33. The first-order chi connectivity index (χ1) is 12.2. The molecule has 0 amide bonds. The summed E-state index contributed by atoms with van der Waals surface area (Å²) in [6.45, 7) is 1.89. The first kappa shape index (κ1) is 17.5. The quantitative estimate of drug-likeness (QED) is 0.803. The van der Waals surface area contributed by atoms with Gasteiger partial charge in [-0.3, -0.25) is 0 Å². The summed E-state index contributed by atoms with van der Waals surface area (Å²) in [6, 6.07) is 3.59. The molecule has 1 aromatic carbocycles. The maximum Gasteiger partial charge on any atom is 0.227 e. The van der Waals surface area contributed by atoms with E-state index in [0.29, 0.717) is 41.9 Å². The third kappa shape index (κ3) is 3.69. The van der Waals surface area contributed by atoms with Crippen molar-refractivity contribution in [3.8, 4) is 11.5 Å². The van der Waals surface area contributed by atoms with Gasteiger partial charge >= 0.3 is 0 Å². The number of methoxy groups -OCH3 is 2. The van der Waals surface area contributed by atoms with Crippen LogP contribution in [0.4, 0.5) is 11.8 Å². The number of fused-ring (bicyclic) bond motifs is 1. The lowest BCUT2D eigenvalue weighted by molar-refractivity contribution is 0.0212. The second kappa shape index (κ2) is 7.71. The van der Waals surface area contributed by atoms with Crippen LogP contribution in [0.25, 0.3) is 10.9 Å². The highest BCUT2D eigenvalue weighted by atomic mass is 16.5. The molecule has 8 nitrogen and oxygen atoms in total. The largest absolute Gasteiger partial charge is 0.493 e. The van der Waals surface area contributed by atoms with Gasteiger partial charge in [0.25, 0.3) is 0 Å². The molecule has 0 spiro atoms. The molecule has 0 unspecified atom stereocenters. The third-order valence-corrected chi connectivity index (χ3v) is 4.32. The zero-order valence-electron chi connectivity index (χ0n) is 14.6. The molecule has 0 aliphatic carbocycles. The van der Waals surface area contributed by atoms with Crippen molar-refractivity contribution in [2.24, 2.45) is 0 Å². The number of piperidine rings is 1. The van der Waals surface area contributed by atoms with Crippen LogP contribution in [0, 0.1) is 0 Å². The van der Waals surface area contributed by atoms with Crippen LogP contribution in [-0.2, 0) is 4.74 Å². The minimum atomic E-state index is 0.0253. The van der Waals surface area contributed by atoms with E-state index in [9.17, 15) is 0 Å². The Morgan fingerprint density at radius 3 is 2.72 bits per heavy atom. The summed E-state index contributed by atoms with van der Waals surface area (Å²) in [6.07, 6.45) is 2.00. The van der Waals surface area contributed by atoms with Gasteiger partial charge in [0.1, 0.15) is 5.82 Å². The van der Waals surface area contributed by atoms with E-state index >= 15 is 0 Å². The Morgan fingerprint density at radius 2 is 2.00 bits per heavy atom.